The van der Waals surface area contributed by atoms with Gasteiger partial charge in [-0.25, -0.2) is 5.43 Å². The minimum atomic E-state index is -0.395. The second-order valence-electron chi connectivity index (χ2n) is 5.50. The van der Waals surface area contributed by atoms with E-state index in [1.54, 1.807) is 38.1 Å². The van der Waals surface area contributed by atoms with Gasteiger partial charge in [0.1, 0.15) is 17.3 Å². The fourth-order valence-electron chi connectivity index (χ4n) is 2.18. The molecule has 0 fully saturated rings. The Bertz CT molecular complexity index is 804. The molecule has 0 atom stereocenters. The molecule has 0 saturated heterocycles. The molecule has 1 heterocycles. The number of nitrogens with one attached hydrogen (secondary N) is 2. The maximum absolute atomic E-state index is 12.1. The van der Waals surface area contributed by atoms with Crippen molar-refractivity contribution in [3.63, 3.8) is 0 Å². The summed E-state index contributed by atoms with van der Waals surface area (Å²) in [5.41, 5.74) is 3.79. The van der Waals surface area contributed by atoms with Crippen LogP contribution in [-0.2, 0) is 4.79 Å². The minimum absolute atomic E-state index is 0.0180. The molecule has 1 aromatic carbocycles. The number of hydrazone groups is 1. The first-order valence-corrected chi connectivity index (χ1v) is 7.83. The lowest BCUT2D eigenvalue weighted by Crippen LogP contribution is -2.21. The first kappa shape index (κ1) is 19.0. The van der Waals surface area contributed by atoms with E-state index in [4.69, 9.17) is 13.9 Å². The second-order valence-corrected chi connectivity index (χ2v) is 5.50. The van der Waals surface area contributed by atoms with Gasteiger partial charge in [0.15, 0.2) is 0 Å². The molecule has 138 valence electrons. The zero-order valence-corrected chi connectivity index (χ0v) is 15.1. The number of amides is 2. The highest BCUT2D eigenvalue weighted by atomic mass is 16.5. The van der Waals surface area contributed by atoms with Crippen molar-refractivity contribution in [1.29, 1.82) is 0 Å². The Hall–Kier alpha value is -3.29. The number of methoxy groups -OCH3 is 2. The molecular formula is C18H21N3O5. The number of carbonyl (C=O) groups is 2. The fraction of sp³-hybridized carbons (Fsp3) is 0.278. The molecule has 0 aliphatic rings. The predicted octanol–water partition coefficient (Wildman–Crippen LogP) is 2.74. The summed E-state index contributed by atoms with van der Waals surface area (Å²) in [6.07, 6.45) is 1.45. The van der Waals surface area contributed by atoms with Crippen molar-refractivity contribution in [2.75, 3.05) is 19.5 Å². The molecule has 26 heavy (non-hydrogen) atoms. The van der Waals surface area contributed by atoms with Gasteiger partial charge in [-0.3, -0.25) is 9.59 Å². The van der Waals surface area contributed by atoms with E-state index in [1.165, 1.54) is 20.5 Å². The van der Waals surface area contributed by atoms with Crippen LogP contribution in [0.3, 0.4) is 0 Å². The molecule has 0 spiro atoms. The molecule has 0 radical (unpaired) electrons. The first-order valence-electron chi connectivity index (χ1n) is 7.83. The largest absolute Gasteiger partial charge is 0.497 e. The van der Waals surface area contributed by atoms with E-state index < -0.39 is 5.91 Å². The Labute approximate surface area is 151 Å². The van der Waals surface area contributed by atoms with Gasteiger partial charge in [-0.1, -0.05) is 0 Å². The minimum Gasteiger partial charge on any atom is -0.497 e. The number of benzene rings is 1. The molecule has 0 saturated carbocycles. The predicted molar refractivity (Wildman–Crippen MR) is 96.8 cm³/mol. The number of carbonyl (C=O) groups excluding carboxylic acids is 2. The Kier molecular flexibility index (Phi) is 6.37. The van der Waals surface area contributed by atoms with E-state index >= 15 is 0 Å². The topological polar surface area (TPSA) is 102 Å². The molecule has 0 unspecified atom stereocenters. The highest BCUT2D eigenvalue weighted by molar-refractivity contribution is 6.06. The maximum atomic E-state index is 12.1. The van der Waals surface area contributed by atoms with E-state index in [-0.39, 0.29) is 12.3 Å². The second kappa shape index (κ2) is 8.70. The maximum Gasteiger partial charge on any atom is 0.274 e. The standard InChI is InChI=1S/C18H21N3O5/c1-11(20-21-18(23)16-5-6-26-12(16)2)7-17(22)19-13-8-14(24-3)10-15(9-13)25-4/h5-6,8-10H,7H2,1-4H3,(H,19,22)(H,21,23)/b20-11-. The van der Waals surface area contributed by atoms with Gasteiger partial charge < -0.3 is 19.2 Å². The first-order chi connectivity index (χ1) is 12.4. The van der Waals surface area contributed by atoms with Crippen molar-refractivity contribution in [2.45, 2.75) is 20.3 Å². The van der Waals surface area contributed by atoms with Crippen molar-refractivity contribution >= 4 is 23.2 Å². The average Bonchev–Trinajstić information content (AvgIpc) is 3.05. The molecule has 2 N–H and O–H groups in total. The summed E-state index contributed by atoms with van der Waals surface area (Å²) < 4.78 is 15.4. The summed E-state index contributed by atoms with van der Waals surface area (Å²) in [7, 11) is 3.06. The van der Waals surface area contributed by atoms with Gasteiger partial charge in [0.2, 0.25) is 5.91 Å². The third-order valence-electron chi connectivity index (χ3n) is 3.50. The number of rotatable bonds is 7. The van der Waals surface area contributed by atoms with Crippen molar-refractivity contribution in [3.05, 3.63) is 41.9 Å². The number of aryl methyl sites for hydroxylation is 1. The molecule has 0 aliphatic carbocycles. The number of furan rings is 1. The highest BCUT2D eigenvalue weighted by Gasteiger charge is 2.11. The summed E-state index contributed by atoms with van der Waals surface area (Å²) in [5.74, 6) is 0.949. The number of anilines is 1. The zero-order chi connectivity index (χ0) is 19.1. The SMILES string of the molecule is COc1cc(NC(=O)C/C(C)=N\NC(=O)c2ccoc2C)cc(OC)c1. The summed E-state index contributed by atoms with van der Waals surface area (Å²) in [4.78, 5) is 24.1. The van der Waals surface area contributed by atoms with Gasteiger partial charge in [-0.15, -0.1) is 0 Å². The molecule has 1 aromatic heterocycles. The number of hydrogen-bond acceptors (Lipinski definition) is 6. The van der Waals surface area contributed by atoms with Crippen LogP contribution in [0.5, 0.6) is 11.5 Å². The van der Waals surface area contributed by atoms with Crippen molar-refractivity contribution < 1.29 is 23.5 Å². The van der Waals surface area contributed by atoms with E-state index in [0.717, 1.165) is 0 Å². The van der Waals surface area contributed by atoms with Crippen molar-refractivity contribution in [1.82, 2.24) is 5.43 Å². The van der Waals surface area contributed by atoms with E-state index in [1.807, 2.05) is 0 Å². The number of ether oxygens (including phenoxy) is 2. The number of hydrogen-bond donors (Lipinski definition) is 2. The lowest BCUT2D eigenvalue weighted by molar-refractivity contribution is -0.115. The quantitative estimate of drug-likeness (QED) is 0.584. The Balaban J connectivity index is 1.94. The molecule has 2 aromatic rings. The van der Waals surface area contributed by atoms with E-state index in [0.29, 0.717) is 34.2 Å². The van der Waals surface area contributed by atoms with Crippen LogP contribution in [0, 0.1) is 6.92 Å². The third kappa shape index (κ3) is 5.10. The van der Waals surface area contributed by atoms with Crippen LogP contribution in [0.25, 0.3) is 0 Å². The average molecular weight is 359 g/mol. The van der Waals surface area contributed by atoms with Crippen LogP contribution in [0.2, 0.25) is 0 Å². The summed E-state index contributed by atoms with van der Waals surface area (Å²) in [6.45, 7) is 3.33. The van der Waals surface area contributed by atoms with Gasteiger partial charge in [-0.2, -0.15) is 5.10 Å². The monoisotopic (exact) mass is 359 g/mol. The normalized spacial score (nSPS) is 11.0. The molecule has 2 amide bonds. The smallest absolute Gasteiger partial charge is 0.274 e. The molecular weight excluding hydrogens is 338 g/mol. The highest BCUT2D eigenvalue weighted by Crippen LogP contribution is 2.25. The van der Waals surface area contributed by atoms with Crippen LogP contribution in [0.15, 0.2) is 40.0 Å². The van der Waals surface area contributed by atoms with Gasteiger partial charge in [0, 0.05) is 29.6 Å². The number of nitrogens with zero attached hydrogens (tertiary/aromatic N) is 1. The van der Waals surface area contributed by atoms with Gasteiger partial charge in [0.05, 0.1) is 32.5 Å². The lowest BCUT2D eigenvalue weighted by atomic mass is 10.2. The molecule has 0 aliphatic heterocycles. The zero-order valence-electron chi connectivity index (χ0n) is 15.1. The Morgan fingerprint density at radius 1 is 1.15 bits per heavy atom. The van der Waals surface area contributed by atoms with Crippen molar-refractivity contribution in [2.24, 2.45) is 5.10 Å². The van der Waals surface area contributed by atoms with Gasteiger partial charge in [0.25, 0.3) is 5.91 Å². The van der Waals surface area contributed by atoms with Gasteiger partial charge in [-0.05, 0) is 19.9 Å². The van der Waals surface area contributed by atoms with Crippen LogP contribution in [0.4, 0.5) is 5.69 Å². The van der Waals surface area contributed by atoms with Crippen LogP contribution in [0.1, 0.15) is 29.5 Å². The van der Waals surface area contributed by atoms with Crippen LogP contribution in [-0.4, -0.2) is 31.7 Å². The molecule has 2 rings (SSSR count). The lowest BCUT2D eigenvalue weighted by Gasteiger charge is -2.10. The summed E-state index contributed by atoms with van der Waals surface area (Å²) in [5, 5.41) is 6.67. The molecule has 0 bridgehead atoms. The van der Waals surface area contributed by atoms with Gasteiger partial charge >= 0.3 is 0 Å². The van der Waals surface area contributed by atoms with E-state index in [9.17, 15) is 9.59 Å². The molecule has 8 heteroatoms. The summed E-state index contributed by atoms with van der Waals surface area (Å²) >= 11 is 0. The van der Waals surface area contributed by atoms with Crippen LogP contribution >= 0.6 is 0 Å². The Morgan fingerprint density at radius 3 is 2.35 bits per heavy atom. The van der Waals surface area contributed by atoms with E-state index in [2.05, 4.69) is 15.8 Å². The molecule has 8 nitrogen and oxygen atoms in total. The Morgan fingerprint density at radius 2 is 1.81 bits per heavy atom. The third-order valence-corrected chi connectivity index (χ3v) is 3.50. The van der Waals surface area contributed by atoms with Crippen molar-refractivity contribution in [3.8, 4) is 11.5 Å². The fourth-order valence-corrected chi connectivity index (χ4v) is 2.18. The van der Waals surface area contributed by atoms with Crippen LogP contribution < -0.4 is 20.2 Å². The summed E-state index contributed by atoms with van der Waals surface area (Å²) in [6, 6.07) is 6.61.